The Balaban J connectivity index is 2.58. The summed E-state index contributed by atoms with van der Waals surface area (Å²) in [7, 11) is 0. The van der Waals surface area contributed by atoms with Gasteiger partial charge in [-0.15, -0.1) is 0 Å². The number of hydrogen-bond donors (Lipinski definition) is 1. The van der Waals surface area contributed by atoms with E-state index in [4.69, 9.17) is 5.73 Å². The van der Waals surface area contributed by atoms with Crippen molar-refractivity contribution in [2.45, 2.75) is 37.8 Å². The maximum atomic E-state index is 14.4. The van der Waals surface area contributed by atoms with Crippen LogP contribution in [0.3, 0.4) is 0 Å². The lowest BCUT2D eigenvalue weighted by atomic mass is 9.87. The van der Waals surface area contributed by atoms with Crippen molar-refractivity contribution >= 4 is 11.7 Å². The van der Waals surface area contributed by atoms with Gasteiger partial charge < -0.3 is 10.5 Å². The van der Waals surface area contributed by atoms with Gasteiger partial charge in [0.1, 0.15) is 22.9 Å². The lowest BCUT2D eigenvalue weighted by Gasteiger charge is -2.38. The topological polar surface area (TPSA) is 60.5 Å². The van der Waals surface area contributed by atoms with E-state index in [1.54, 1.807) is 0 Å². The molecule has 0 unspecified atom stereocenters. The molecule has 0 saturated heterocycles. The average molecular weight is 309 g/mol. The molecule has 0 spiro atoms. The molecule has 1 aromatic rings. The summed E-state index contributed by atoms with van der Waals surface area (Å²) in [6.45, 7) is 2.15. The van der Waals surface area contributed by atoms with Crippen molar-refractivity contribution in [1.82, 2.24) is 4.98 Å². The number of nitrogens with zero attached hydrogens (tertiary/aromatic N) is 2. The standard InChI is InChI=1S/C12H12F5N3O/c1-5-20-11(2,8(14)10(21-5)12(15,16)17)9-6(13)3-4-7(18)19-9/h3-4,8,10H,1-2H3,(H2,18,19)/t8-,10+,11-/m0/s1. The number of hydrogen-bond acceptors (Lipinski definition) is 4. The predicted molar refractivity (Wildman–Crippen MR) is 64.9 cm³/mol. The van der Waals surface area contributed by atoms with Crippen molar-refractivity contribution in [3.8, 4) is 0 Å². The number of nitrogens with two attached hydrogens (primary N) is 1. The zero-order chi connectivity index (χ0) is 16.0. The first-order chi connectivity index (χ1) is 9.55. The van der Waals surface area contributed by atoms with Crippen LogP contribution in [0.5, 0.6) is 0 Å². The number of pyridine rings is 1. The molecule has 3 atom stereocenters. The molecule has 1 aliphatic heterocycles. The van der Waals surface area contributed by atoms with Crippen LogP contribution in [0.1, 0.15) is 19.5 Å². The van der Waals surface area contributed by atoms with Crippen LogP contribution in [0.25, 0.3) is 0 Å². The molecule has 0 aliphatic carbocycles. The monoisotopic (exact) mass is 309 g/mol. The number of aliphatic imine (C=N–C) groups is 1. The van der Waals surface area contributed by atoms with Crippen molar-refractivity contribution in [1.29, 1.82) is 0 Å². The molecule has 0 radical (unpaired) electrons. The van der Waals surface area contributed by atoms with Crippen LogP contribution < -0.4 is 5.73 Å². The van der Waals surface area contributed by atoms with E-state index in [2.05, 4.69) is 14.7 Å². The Morgan fingerprint density at radius 1 is 1.33 bits per heavy atom. The van der Waals surface area contributed by atoms with Gasteiger partial charge in [-0.05, 0) is 19.1 Å². The van der Waals surface area contributed by atoms with E-state index in [0.29, 0.717) is 0 Å². The van der Waals surface area contributed by atoms with Gasteiger partial charge in [0.2, 0.25) is 6.10 Å². The predicted octanol–water partition coefficient (Wildman–Crippen LogP) is 2.74. The summed E-state index contributed by atoms with van der Waals surface area (Å²) in [6, 6.07) is 2.02. The molecule has 0 amide bonds. The summed E-state index contributed by atoms with van der Waals surface area (Å²) >= 11 is 0. The average Bonchev–Trinajstić information content (AvgIpc) is 2.35. The van der Waals surface area contributed by atoms with Crippen LogP contribution in [-0.2, 0) is 10.3 Å². The van der Waals surface area contributed by atoms with Crippen LogP contribution in [0.2, 0.25) is 0 Å². The SMILES string of the molecule is CC1=N[C@](C)(c2nc(N)ccc2F)[C@@H](F)[C@H](C(F)(F)F)O1. The highest BCUT2D eigenvalue weighted by molar-refractivity contribution is 5.75. The first-order valence-corrected chi connectivity index (χ1v) is 5.92. The van der Waals surface area contributed by atoms with Crippen molar-refractivity contribution in [2.24, 2.45) is 4.99 Å². The van der Waals surface area contributed by atoms with Gasteiger partial charge in [-0.3, -0.25) is 0 Å². The third-order valence-corrected chi connectivity index (χ3v) is 3.16. The third-order valence-electron chi connectivity index (χ3n) is 3.16. The number of aromatic nitrogens is 1. The van der Waals surface area contributed by atoms with E-state index in [-0.39, 0.29) is 5.82 Å². The second-order valence-corrected chi connectivity index (χ2v) is 4.83. The minimum Gasteiger partial charge on any atom is -0.465 e. The minimum absolute atomic E-state index is 0.150. The fourth-order valence-electron chi connectivity index (χ4n) is 2.18. The molecule has 2 heterocycles. The van der Waals surface area contributed by atoms with Crippen molar-refractivity contribution in [2.75, 3.05) is 5.73 Å². The molecular formula is C12H12F5N3O. The van der Waals surface area contributed by atoms with Gasteiger partial charge in [0.15, 0.2) is 12.1 Å². The van der Waals surface area contributed by atoms with Gasteiger partial charge in [0.05, 0.1) is 0 Å². The normalized spacial score (nSPS) is 29.8. The molecule has 1 aromatic heterocycles. The lowest BCUT2D eigenvalue weighted by molar-refractivity contribution is -0.227. The van der Waals surface area contributed by atoms with Crippen LogP contribution in [0, 0.1) is 5.82 Å². The zero-order valence-corrected chi connectivity index (χ0v) is 11.1. The Bertz CT molecular complexity index is 589. The van der Waals surface area contributed by atoms with Gasteiger partial charge in [-0.2, -0.15) is 13.2 Å². The first kappa shape index (κ1) is 15.5. The Morgan fingerprint density at radius 2 is 1.95 bits per heavy atom. The third kappa shape index (κ3) is 2.64. The van der Waals surface area contributed by atoms with E-state index in [0.717, 1.165) is 26.0 Å². The molecular weight excluding hydrogens is 297 g/mol. The minimum atomic E-state index is -4.96. The van der Waals surface area contributed by atoms with E-state index in [1.165, 1.54) is 0 Å². The first-order valence-electron chi connectivity index (χ1n) is 5.92. The number of anilines is 1. The zero-order valence-electron chi connectivity index (χ0n) is 11.1. The number of nitrogen functional groups attached to an aromatic ring is 1. The molecule has 0 fully saturated rings. The smallest absolute Gasteiger partial charge is 0.428 e. The highest BCUT2D eigenvalue weighted by atomic mass is 19.4. The molecule has 2 N–H and O–H groups in total. The van der Waals surface area contributed by atoms with Crippen LogP contribution in [-0.4, -0.2) is 29.3 Å². The molecule has 9 heteroatoms. The molecule has 116 valence electrons. The Labute approximate surface area is 116 Å². The lowest BCUT2D eigenvalue weighted by Crippen LogP contribution is -2.53. The van der Waals surface area contributed by atoms with Gasteiger partial charge in [-0.1, -0.05) is 0 Å². The van der Waals surface area contributed by atoms with E-state index >= 15 is 0 Å². The quantitative estimate of drug-likeness (QED) is 0.811. The Hall–Kier alpha value is -1.93. The summed E-state index contributed by atoms with van der Waals surface area (Å²) < 4.78 is 71.2. The second kappa shape index (κ2) is 4.81. The summed E-state index contributed by atoms with van der Waals surface area (Å²) in [6.07, 6.45) is -10.4. The maximum Gasteiger partial charge on any atom is 0.428 e. The van der Waals surface area contributed by atoms with Gasteiger partial charge in [-0.25, -0.2) is 18.8 Å². The fourth-order valence-corrected chi connectivity index (χ4v) is 2.18. The fraction of sp³-hybridized carbons (Fsp3) is 0.500. The molecule has 0 aromatic carbocycles. The van der Waals surface area contributed by atoms with E-state index < -0.39 is 41.4 Å². The van der Waals surface area contributed by atoms with Crippen molar-refractivity contribution < 1.29 is 26.7 Å². The number of ether oxygens (including phenoxy) is 1. The number of alkyl halides is 4. The van der Waals surface area contributed by atoms with Gasteiger partial charge in [0, 0.05) is 6.92 Å². The molecule has 1 aliphatic rings. The number of rotatable bonds is 1. The summed E-state index contributed by atoms with van der Waals surface area (Å²) in [5, 5.41) is 0. The van der Waals surface area contributed by atoms with E-state index in [9.17, 15) is 22.0 Å². The summed E-state index contributed by atoms with van der Waals surface area (Å²) in [5.41, 5.74) is 2.62. The molecule has 21 heavy (non-hydrogen) atoms. The molecule has 0 bridgehead atoms. The highest BCUT2D eigenvalue weighted by Crippen LogP contribution is 2.42. The van der Waals surface area contributed by atoms with E-state index in [1.807, 2.05) is 0 Å². The van der Waals surface area contributed by atoms with Gasteiger partial charge >= 0.3 is 6.18 Å². The summed E-state index contributed by atoms with van der Waals surface area (Å²) in [5.74, 6) is -1.55. The molecule has 0 saturated carbocycles. The Kier molecular flexibility index (Phi) is 3.54. The van der Waals surface area contributed by atoms with Crippen LogP contribution in [0.15, 0.2) is 17.1 Å². The van der Waals surface area contributed by atoms with Gasteiger partial charge in [0.25, 0.3) is 0 Å². The van der Waals surface area contributed by atoms with Crippen LogP contribution in [0.4, 0.5) is 27.8 Å². The molecule has 4 nitrogen and oxygen atoms in total. The van der Waals surface area contributed by atoms with Crippen molar-refractivity contribution in [3.63, 3.8) is 0 Å². The van der Waals surface area contributed by atoms with Crippen molar-refractivity contribution in [3.05, 3.63) is 23.6 Å². The highest BCUT2D eigenvalue weighted by Gasteiger charge is 2.58. The Morgan fingerprint density at radius 3 is 2.52 bits per heavy atom. The van der Waals surface area contributed by atoms with Crippen LogP contribution >= 0.6 is 0 Å². The summed E-state index contributed by atoms with van der Waals surface area (Å²) in [4.78, 5) is 7.29. The molecule has 2 rings (SSSR count). The largest absolute Gasteiger partial charge is 0.465 e. The second-order valence-electron chi connectivity index (χ2n) is 4.83. The number of halogens is 5. The maximum absolute atomic E-state index is 14.4.